The van der Waals surface area contributed by atoms with Crippen molar-refractivity contribution < 1.29 is 4.39 Å². The van der Waals surface area contributed by atoms with Crippen molar-refractivity contribution >= 4 is 22.6 Å². The molecule has 0 radical (unpaired) electrons. The number of hydrogen-bond acceptors (Lipinski definition) is 1. The van der Waals surface area contributed by atoms with Gasteiger partial charge in [-0.05, 0) is 28.2 Å². The number of nitrogens with zero attached hydrogens (tertiary/aromatic N) is 1. The summed E-state index contributed by atoms with van der Waals surface area (Å²) in [5, 5.41) is 0. The summed E-state index contributed by atoms with van der Waals surface area (Å²) in [5.74, 6) is -0.275. The van der Waals surface area contributed by atoms with Gasteiger partial charge in [0.2, 0.25) is 0 Å². The SMILES string of the molecule is Fc1cncc(I)c1-c1ccccc1. The van der Waals surface area contributed by atoms with Gasteiger partial charge in [0.1, 0.15) is 5.82 Å². The number of hydrogen-bond donors (Lipinski definition) is 0. The minimum Gasteiger partial charge on any atom is -0.261 e. The van der Waals surface area contributed by atoms with E-state index in [4.69, 9.17) is 0 Å². The van der Waals surface area contributed by atoms with Crippen LogP contribution in [0, 0.1) is 9.39 Å². The molecule has 1 heterocycles. The van der Waals surface area contributed by atoms with E-state index in [1.54, 1.807) is 6.20 Å². The van der Waals surface area contributed by atoms with Crippen LogP contribution >= 0.6 is 22.6 Å². The Morgan fingerprint density at radius 1 is 1.07 bits per heavy atom. The first-order valence-electron chi connectivity index (χ1n) is 4.13. The summed E-state index contributed by atoms with van der Waals surface area (Å²) in [4.78, 5) is 3.79. The quantitative estimate of drug-likeness (QED) is 0.735. The summed E-state index contributed by atoms with van der Waals surface area (Å²) in [6.45, 7) is 0. The zero-order valence-corrected chi connectivity index (χ0v) is 9.40. The predicted molar refractivity (Wildman–Crippen MR) is 62.3 cm³/mol. The van der Waals surface area contributed by atoms with E-state index in [0.717, 1.165) is 9.13 Å². The van der Waals surface area contributed by atoms with Crippen molar-refractivity contribution in [3.05, 3.63) is 52.1 Å². The Bertz CT molecular complexity index is 422. The van der Waals surface area contributed by atoms with Gasteiger partial charge >= 0.3 is 0 Å². The third-order valence-corrected chi connectivity index (χ3v) is 2.73. The molecule has 14 heavy (non-hydrogen) atoms. The Morgan fingerprint density at radius 2 is 1.79 bits per heavy atom. The molecule has 2 rings (SSSR count). The topological polar surface area (TPSA) is 12.9 Å². The Hall–Kier alpha value is -0.970. The van der Waals surface area contributed by atoms with E-state index in [1.807, 2.05) is 30.3 Å². The maximum Gasteiger partial charge on any atom is 0.150 e. The van der Waals surface area contributed by atoms with Gasteiger partial charge in [-0.3, -0.25) is 4.98 Å². The van der Waals surface area contributed by atoms with E-state index in [9.17, 15) is 4.39 Å². The van der Waals surface area contributed by atoms with Crippen LogP contribution in [0.3, 0.4) is 0 Å². The molecule has 1 nitrogen and oxygen atoms in total. The van der Waals surface area contributed by atoms with E-state index in [1.165, 1.54) is 6.20 Å². The normalized spacial score (nSPS) is 10.1. The van der Waals surface area contributed by atoms with Crippen molar-refractivity contribution in [3.63, 3.8) is 0 Å². The van der Waals surface area contributed by atoms with Crippen molar-refractivity contribution in [1.82, 2.24) is 4.98 Å². The minimum absolute atomic E-state index is 0.275. The molecule has 0 atom stereocenters. The third kappa shape index (κ3) is 1.77. The second-order valence-electron chi connectivity index (χ2n) is 2.84. The van der Waals surface area contributed by atoms with Crippen LogP contribution < -0.4 is 0 Å². The summed E-state index contributed by atoms with van der Waals surface area (Å²) in [6.07, 6.45) is 2.90. The molecule has 0 aliphatic heterocycles. The molecule has 0 amide bonds. The Kier molecular flexibility index (Phi) is 2.77. The molecule has 3 heteroatoms. The summed E-state index contributed by atoms with van der Waals surface area (Å²) < 4.78 is 14.3. The summed E-state index contributed by atoms with van der Waals surface area (Å²) in [5.41, 5.74) is 1.51. The lowest BCUT2D eigenvalue weighted by atomic mass is 10.1. The first kappa shape index (κ1) is 9.58. The highest BCUT2D eigenvalue weighted by Crippen LogP contribution is 2.26. The van der Waals surface area contributed by atoms with Crippen LogP contribution in [-0.4, -0.2) is 4.98 Å². The van der Waals surface area contributed by atoms with Gasteiger partial charge in [-0.25, -0.2) is 4.39 Å². The van der Waals surface area contributed by atoms with Gasteiger partial charge < -0.3 is 0 Å². The van der Waals surface area contributed by atoms with Gasteiger partial charge in [0.05, 0.1) is 6.20 Å². The fourth-order valence-electron chi connectivity index (χ4n) is 1.29. The van der Waals surface area contributed by atoms with Crippen LogP contribution in [0.5, 0.6) is 0 Å². The molecular formula is C11H7FIN. The molecule has 1 aromatic carbocycles. The first-order valence-corrected chi connectivity index (χ1v) is 5.21. The van der Waals surface area contributed by atoms with Crippen molar-refractivity contribution in [1.29, 1.82) is 0 Å². The molecule has 2 aromatic rings. The molecule has 0 saturated carbocycles. The monoisotopic (exact) mass is 299 g/mol. The van der Waals surface area contributed by atoms with E-state index < -0.39 is 0 Å². The summed E-state index contributed by atoms with van der Waals surface area (Å²) in [6, 6.07) is 9.48. The maximum atomic E-state index is 13.5. The number of rotatable bonds is 1. The smallest absolute Gasteiger partial charge is 0.150 e. The first-order chi connectivity index (χ1) is 6.79. The Balaban J connectivity index is 2.63. The average molecular weight is 299 g/mol. The number of pyridine rings is 1. The summed E-state index contributed by atoms with van der Waals surface area (Å²) >= 11 is 2.09. The predicted octanol–water partition coefficient (Wildman–Crippen LogP) is 3.49. The van der Waals surface area contributed by atoms with E-state index in [-0.39, 0.29) is 5.82 Å². The van der Waals surface area contributed by atoms with Crippen molar-refractivity contribution in [3.8, 4) is 11.1 Å². The lowest BCUT2D eigenvalue weighted by molar-refractivity contribution is 0.624. The standard InChI is InChI=1S/C11H7FIN/c12-9-6-14-7-10(13)11(9)8-4-2-1-3-5-8/h1-7H. The zero-order chi connectivity index (χ0) is 9.97. The van der Waals surface area contributed by atoms with Crippen LogP contribution in [0.2, 0.25) is 0 Å². The molecule has 0 spiro atoms. The van der Waals surface area contributed by atoms with Gasteiger partial charge in [0.15, 0.2) is 0 Å². The molecule has 0 aliphatic rings. The third-order valence-electron chi connectivity index (χ3n) is 1.92. The molecule has 0 fully saturated rings. The molecule has 0 unspecified atom stereocenters. The number of aromatic nitrogens is 1. The highest BCUT2D eigenvalue weighted by Gasteiger charge is 2.08. The van der Waals surface area contributed by atoms with E-state index >= 15 is 0 Å². The van der Waals surface area contributed by atoms with Crippen LogP contribution in [0.25, 0.3) is 11.1 Å². The van der Waals surface area contributed by atoms with Crippen molar-refractivity contribution in [2.24, 2.45) is 0 Å². The molecule has 0 aliphatic carbocycles. The Morgan fingerprint density at radius 3 is 2.43 bits per heavy atom. The highest BCUT2D eigenvalue weighted by molar-refractivity contribution is 14.1. The van der Waals surface area contributed by atoms with Crippen LogP contribution in [0.1, 0.15) is 0 Å². The van der Waals surface area contributed by atoms with Crippen molar-refractivity contribution in [2.45, 2.75) is 0 Å². The summed E-state index contributed by atoms with van der Waals surface area (Å²) in [7, 11) is 0. The lowest BCUT2D eigenvalue weighted by Gasteiger charge is -2.04. The molecule has 0 saturated heterocycles. The average Bonchev–Trinajstić information content (AvgIpc) is 2.19. The number of halogens is 2. The van der Waals surface area contributed by atoms with Crippen LogP contribution in [-0.2, 0) is 0 Å². The zero-order valence-electron chi connectivity index (χ0n) is 7.24. The molecule has 1 aromatic heterocycles. The van der Waals surface area contributed by atoms with Gasteiger partial charge in [0.25, 0.3) is 0 Å². The largest absolute Gasteiger partial charge is 0.261 e. The van der Waals surface area contributed by atoms with Gasteiger partial charge in [-0.1, -0.05) is 30.3 Å². The van der Waals surface area contributed by atoms with Gasteiger partial charge in [-0.2, -0.15) is 0 Å². The second-order valence-corrected chi connectivity index (χ2v) is 4.01. The van der Waals surface area contributed by atoms with Gasteiger partial charge in [0, 0.05) is 15.3 Å². The fraction of sp³-hybridized carbons (Fsp3) is 0. The molecule has 70 valence electrons. The molecule has 0 bridgehead atoms. The van der Waals surface area contributed by atoms with Crippen LogP contribution in [0.4, 0.5) is 4.39 Å². The highest BCUT2D eigenvalue weighted by atomic mass is 127. The van der Waals surface area contributed by atoms with E-state index in [2.05, 4.69) is 27.6 Å². The maximum absolute atomic E-state index is 13.5. The second kappa shape index (κ2) is 4.04. The molecular weight excluding hydrogens is 292 g/mol. The molecule has 0 N–H and O–H groups in total. The lowest BCUT2D eigenvalue weighted by Crippen LogP contribution is -1.89. The minimum atomic E-state index is -0.275. The van der Waals surface area contributed by atoms with Crippen LogP contribution in [0.15, 0.2) is 42.7 Å². The van der Waals surface area contributed by atoms with Gasteiger partial charge in [-0.15, -0.1) is 0 Å². The van der Waals surface area contributed by atoms with Crippen molar-refractivity contribution in [2.75, 3.05) is 0 Å². The van der Waals surface area contributed by atoms with E-state index in [0.29, 0.717) is 5.56 Å². The number of benzene rings is 1. The fourth-order valence-corrected chi connectivity index (χ4v) is 2.02. The Labute approximate surface area is 95.1 Å².